The summed E-state index contributed by atoms with van der Waals surface area (Å²) in [4.78, 5) is 12.3. The summed E-state index contributed by atoms with van der Waals surface area (Å²) in [6.07, 6.45) is 1.68. The van der Waals surface area contributed by atoms with Crippen LogP contribution < -0.4 is 5.32 Å². The predicted molar refractivity (Wildman–Crippen MR) is 88.9 cm³/mol. The molecular weight excluding hydrogens is 301 g/mol. The summed E-state index contributed by atoms with van der Waals surface area (Å²) in [5.74, 6) is -0.506. The fraction of sp³-hybridized carbons (Fsp3) is 0.278. The van der Waals surface area contributed by atoms with Gasteiger partial charge in [0.15, 0.2) is 0 Å². The van der Waals surface area contributed by atoms with E-state index < -0.39 is 0 Å². The summed E-state index contributed by atoms with van der Waals surface area (Å²) in [7, 11) is 0. The van der Waals surface area contributed by atoms with Crippen molar-refractivity contribution in [3.63, 3.8) is 0 Å². The highest BCUT2D eigenvalue weighted by molar-refractivity contribution is 6.32. The first-order valence-electron chi connectivity index (χ1n) is 7.39. The van der Waals surface area contributed by atoms with Gasteiger partial charge in [0.25, 0.3) is 0 Å². The molecule has 4 heteroatoms. The van der Waals surface area contributed by atoms with Crippen molar-refractivity contribution < 1.29 is 9.18 Å². The highest BCUT2D eigenvalue weighted by atomic mass is 35.5. The maximum atomic E-state index is 13.2. The first-order valence-corrected chi connectivity index (χ1v) is 7.77. The molecule has 2 aromatic rings. The van der Waals surface area contributed by atoms with Gasteiger partial charge in [0.05, 0.1) is 6.42 Å². The zero-order valence-corrected chi connectivity index (χ0v) is 13.5. The minimum absolute atomic E-state index is 0.135. The topological polar surface area (TPSA) is 29.1 Å². The molecule has 0 spiro atoms. The van der Waals surface area contributed by atoms with Gasteiger partial charge >= 0.3 is 0 Å². The van der Waals surface area contributed by atoms with Crippen molar-refractivity contribution in [3.8, 4) is 0 Å². The highest BCUT2D eigenvalue weighted by Crippen LogP contribution is 2.29. The van der Waals surface area contributed by atoms with E-state index >= 15 is 0 Å². The number of carbonyl (C=O) groups excluding carboxylic acids is 1. The normalized spacial score (nSPS) is 10.5. The molecule has 116 valence electrons. The summed E-state index contributed by atoms with van der Waals surface area (Å²) < 4.78 is 13.2. The number of amides is 1. The molecule has 1 amide bonds. The van der Waals surface area contributed by atoms with Crippen LogP contribution in [0.4, 0.5) is 10.1 Å². The van der Waals surface area contributed by atoms with E-state index in [1.165, 1.54) is 12.1 Å². The van der Waals surface area contributed by atoms with Gasteiger partial charge in [0.1, 0.15) is 5.82 Å². The number of benzene rings is 2. The van der Waals surface area contributed by atoms with Crippen molar-refractivity contribution >= 4 is 23.2 Å². The van der Waals surface area contributed by atoms with Gasteiger partial charge in [-0.1, -0.05) is 43.6 Å². The van der Waals surface area contributed by atoms with E-state index in [1.807, 2.05) is 26.0 Å². The summed E-state index contributed by atoms with van der Waals surface area (Å²) in [6, 6.07) is 9.87. The van der Waals surface area contributed by atoms with Gasteiger partial charge in [0, 0.05) is 10.7 Å². The Morgan fingerprint density at radius 1 is 1.18 bits per heavy atom. The first-order chi connectivity index (χ1) is 10.5. The molecule has 0 bridgehead atoms. The molecule has 2 rings (SSSR count). The van der Waals surface area contributed by atoms with E-state index in [-0.39, 0.29) is 18.1 Å². The lowest BCUT2D eigenvalue weighted by Gasteiger charge is -2.16. The van der Waals surface area contributed by atoms with Gasteiger partial charge in [0.2, 0.25) is 5.91 Å². The average molecular weight is 320 g/mol. The number of anilines is 1. The fourth-order valence-corrected chi connectivity index (χ4v) is 2.77. The van der Waals surface area contributed by atoms with E-state index in [0.29, 0.717) is 10.6 Å². The number of halogens is 2. The van der Waals surface area contributed by atoms with E-state index in [1.54, 1.807) is 12.1 Å². The van der Waals surface area contributed by atoms with Gasteiger partial charge in [-0.05, 0) is 47.7 Å². The molecule has 0 heterocycles. The number of carbonyl (C=O) groups is 1. The van der Waals surface area contributed by atoms with Crippen LogP contribution in [0.1, 0.15) is 30.5 Å². The molecule has 0 fully saturated rings. The second-order valence-corrected chi connectivity index (χ2v) is 5.53. The van der Waals surface area contributed by atoms with Crippen LogP contribution in [0.15, 0.2) is 36.4 Å². The molecule has 0 saturated carbocycles. The molecule has 1 N–H and O–H groups in total. The summed E-state index contributed by atoms with van der Waals surface area (Å²) in [5.41, 5.74) is 3.43. The second kappa shape index (κ2) is 7.41. The quantitative estimate of drug-likeness (QED) is 0.844. The van der Waals surface area contributed by atoms with Crippen molar-refractivity contribution in [3.05, 3.63) is 63.9 Å². The number of rotatable bonds is 5. The van der Waals surface area contributed by atoms with Crippen LogP contribution >= 0.6 is 11.6 Å². The second-order valence-electron chi connectivity index (χ2n) is 5.12. The van der Waals surface area contributed by atoms with E-state index in [4.69, 9.17) is 11.6 Å². The lowest BCUT2D eigenvalue weighted by Crippen LogP contribution is -2.17. The zero-order valence-electron chi connectivity index (χ0n) is 12.7. The van der Waals surface area contributed by atoms with E-state index in [9.17, 15) is 9.18 Å². The third-order valence-corrected chi connectivity index (χ3v) is 3.95. The smallest absolute Gasteiger partial charge is 0.228 e. The highest BCUT2D eigenvalue weighted by Gasteiger charge is 2.13. The van der Waals surface area contributed by atoms with Crippen LogP contribution in [-0.4, -0.2) is 5.91 Å². The molecule has 0 aliphatic heterocycles. The minimum Gasteiger partial charge on any atom is -0.325 e. The molecule has 0 unspecified atom stereocenters. The lowest BCUT2D eigenvalue weighted by molar-refractivity contribution is -0.115. The van der Waals surface area contributed by atoms with Crippen molar-refractivity contribution in [1.82, 2.24) is 0 Å². The Hall–Kier alpha value is -1.87. The number of aryl methyl sites for hydroxylation is 1. The lowest BCUT2D eigenvalue weighted by atomic mass is 10.0. The van der Waals surface area contributed by atoms with Crippen molar-refractivity contribution in [2.75, 3.05) is 5.32 Å². The SMILES string of the molecule is CCc1ccc(Cl)c(CC)c1NC(=O)Cc1cccc(F)c1. The van der Waals surface area contributed by atoms with E-state index in [2.05, 4.69) is 5.32 Å². The van der Waals surface area contributed by atoms with Crippen LogP contribution in [0.25, 0.3) is 0 Å². The third kappa shape index (κ3) is 3.86. The summed E-state index contributed by atoms with van der Waals surface area (Å²) in [5, 5.41) is 3.60. The maximum Gasteiger partial charge on any atom is 0.228 e. The Kier molecular flexibility index (Phi) is 5.56. The molecule has 22 heavy (non-hydrogen) atoms. The number of nitrogens with one attached hydrogen (secondary N) is 1. The van der Waals surface area contributed by atoms with Gasteiger partial charge in [-0.3, -0.25) is 4.79 Å². The molecule has 0 aliphatic carbocycles. The maximum absolute atomic E-state index is 13.2. The Balaban J connectivity index is 2.22. The van der Waals surface area contributed by atoms with Crippen molar-refractivity contribution in [2.24, 2.45) is 0 Å². The van der Waals surface area contributed by atoms with E-state index in [0.717, 1.165) is 29.7 Å². The molecule has 0 saturated heterocycles. The third-order valence-electron chi connectivity index (χ3n) is 3.59. The number of hydrogen-bond donors (Lipinski definition) is 1. The van der Waals surface area contributed by atoms with Gasteiger partial charge in [-0.25, -0.2) is 4.39 Å². The molecular formula is C18H19ClFNO. The Morgan fingerprint density at radius 2 is 1.95 bits per heavy atom. The summed E-state index contributed by atoms with van der Waals surface area (Å²) >= 11 is 6.22. The van der Waals surface area contributed by atoms with Crippen LogP contribution in [0, 0.1) is 5.82 Å². The fourth-order valence-electron chi connectivity index (χ4n) is 2.48. The number of hydrogen-bond acceptors (Lipinski definition) is 1. The van der Waals surface area contributed by atoms with Gasteiger partial charge in [-0.2, -0.15) is 0 Å². The Labute approximate surface area is 135 Å². The predicted octanol–water partition coefficient (Wildman–Crippen LogP) is 4.79. The van der Waals surface area contributed by atoms with Crippen molar-refractivity contribution in [1.29, 1.82) is 0 Å². The molecule has 0 atom stereocenters. The van der Waals surface area contributed by atoms with Gasteiger partial charge in [-0.15, -0.1) is 0 Å². The average Bonchev–Trinajstić information content (AvgIpc) is 2.47. The van der Waals surface area contributed by atoms with Crippen LogP contribution in [0.5, 0.6) is 0 Å². The minimum atomic E-state index is -0.337. The van der Waals surface area contributed by atoms with Gasteiger partial charge < -0.3 is 5.32 Å². The molecule has 0 radical (unpaired) electrons. The standard InChI is InChI=1S/C18H19ClFNO/c1-3-13-8-9-16(19)15(4-2)18(13)21-17(22)11-12-6-5-7-14(20)10-12/h5-10H,3-4,11H2,1-2H3,(H,21,22). The van der Waals surface area contributed by atoms with Crippen LogP contribution in [-0.2, 0) is 24.1 Å². The van der Waals surface area contributed by atoms with Crippen molar-refractivity contribution in [2.45, 2.75) is 33.1 Å². The Morgan fingerprint density at radius 3 is 2.59 bits per heavy atom. The van der Waals surface area contributed by atoms with Crippen LogP contribution in [0.3, 0.4) is 0 Å². The van der Waals surface area contributed by atoms with Crippen LogP contribution in [0.2, 0.25) is 5.02 Å². The monoisotopic (exact) mass is 319 g/mol. The molecule has 2 nitrogen and oxygen atoms in total. The largest absolute Gasteiger partial charge is 0.325 e. The Bertz CT molecular complexity index is 685. The zero-order chi connectivity index (χ0) is 16.1. The molecule has 2 aromatic carbocycles. The molecule has 0 aliphatic rings. The molecule has 0 aromatic heterocycles. The summed E-state index contributed by atoms with van der Waals surface area (Å²) in [6.45, 7) is 4.04. The first kappa shape index (κ1) is 16.5.